The van der Waals surface area contributed by atoms with Gasteiger partial charge in [-0.2, -0.15) is 0 Å². The Labute approximate surface area is 141 Å². The smallest absolute Gasteiger partial charge is 0.466 e. The van der Waals surface area contributed by atoms with E-state index in [-0.39, 0.29) is 5.92 Å². The summed E-state index contributed by atoms with van der Waals surface area (Å²) in [4.78, 5) is 25.1. The summed E-state index contributed by atoms with van der Waals surface area (Å²) < 4.78 is 21.8. The van der Waals surface area contributed by atoms with Crippen LogP contribution in [0.4, 0.5) is 0 Å². The highest BCUT2D eigenvalue weighted by molar-refractivity contribution is 7.55. The highest BCUT2D eigenvalue weighted by Gasteiger charge is 2.29. The van der Waals surface area contributed by atoms with Crippen LogP contribution in [0.2, 0.25) is 0 Å². The largest absolute Gasteiger partial charge is 0.507 e. The van der Waals surface area contributed by atoms with E-state index in [1.54, 1.807) is 0 Å². The van der Waals surface area contributed by atoms with Crippen molar-refractivity contribution in [1.82, 2.24) is 0 Å². The summed E-state index contributed by atoms with van der Waals surface area (Å²) in [6.45, 7) is 5.75. The second kappa shape index (κ2) is 7.99. The first-order valence-corrected chi connectivity index (χ1v) is 9.65. The predicted molar refractivity (Wildman–Crippen MR) is 92.1 cm³/mol. The topological polar surface area (TPSA) is 94.4 Å². The van der Waals surface area contributed by atoms with Crippen LogP contribution in [0.15, 0.2) is 28.1 Å². The Kier molecular flexibility index (Phi) is 6.24. The number of benzene rings is 1. The number of nitroso groups, excluding NO2 is 2. The molecule has 0 bridgehead atoms. The van der Waals surface area contributed by atoms with E-state index in [9.17, 15) is 14.4 Å². The molecule has 2 rings (SSSR count). The molecule has 24 heavy (non-hydrogen) atoms. The van der Waals surface area contributed by atoms with Gasteiger partial charge in [0.05, 0.1) is 0 Å². The first-order chi connectivity index (χ1) is 11.4. The lowest BCUT2D eigenvalue weighted by Crippen LogP contribution is -2.19. The van der Waals surface area contributed by atoms with Crippen LogP contribution in [0, 0.1) is 15.7 Å². The van der Waals surface area contributed by atoms with Crippen LogP contribution in [0.5, 0.6) is 5.75 Å². The van der Waals surface area contributed by atoms with E-state index in [0.717, 1.165) is 11.1 Å². The zero-order chi connectivity index (χ0) is 17.7. The molecule has 1 unspecified atom stereocenters. The fourth-order valence-electron chi connectivity index (χ4n) is 2.96. The Bertz CT molecular complexity index is 633. The lowest BCUT2D eigenvalue weighted by molar-refractivity contribution is 0.118. The number of hydrogen-bond donors (Lipinski definition) is 0. The van der Waals surface area contributed by atoms with Crippen LogP contribution < -0.4 is 4.74 Å². The molecular weight excluding hydrogens is 331 g/mol. The second-order valence-corrected chi connectivity index (χ2v) is 8.01. The van der Waals surface area contributed by atoms with Crippen LogP contribution in [-0.2, 0) is 9.09 Å². The van der Waals surface area contributed by atoms with E-state index in [1.807, 2.05) is 32.0 Å². The maximum atomic E-state index is 11.5. The van der Waals surface area contributed by atoms with Crippen molar-refractivity contribution in [2.45, 2.75) is 51.9 Å². The highest BCUT2D eigenvalue weighted by atomic mass is 31.2. The van der Waals surface area contributed by atoms with Gasteiger partial charge in [-0.25, -0.2) is 4.57 Å². The van der Waals surface area contributed by atoms with Crippen molar-refractivity contribution in [2.24, 2.45) is 15.8 Å². The molecule has 0 radical (unpaired) electrons. The Morgan fingerprint density at radius 3 is 2.29 bits per heavy atom. The molecule has 1 aromatic rings. The van der Waals surface area contributed by atoms with Crippen LogP contribution in [-0.4, -0.2) is 6.79 Å². The van der Waals surface area contributed by atoms with Gasteiger partial charge in [-0.05, 0) is 41.7 Å². The first-order valence-electron chi connectivity index (χ1n) is 8.12. The van der Waals surface area contributed by atoms with Crippen molar-refractivity contribution in [1.29, 1.82) is 0 Å². The van der Waals surface area contributed by atoms with Crippen molar-refractivity contribution in [2.75, 3.05) is 6.79 Å². The monoisotopic (exact) mass is 354 g/mol. The van der Waals surface area contributed by atoms with Gasteiger partial charge in [-0.1, -0.05) is 45.4 Å². The van der Waals surface area contributed by atoms with Gasteiger partial charge < -0.3 is 4.74 Å². The molecule has 1 aliphatic rings. The van der Waals surface area contributed by atoms with Gasteiger partial charge in [0.1, 0.15) is 5.75 Å². The molecule has 0 heterocycles. The second-order valence-electron chi connectivity index (χ2n) is 6.45. The van der Waals surface area contributed by atoms with Crippen molar-refractivity contribution < 1.29 is 13.8 Å². The fraction of sp³-hybridized carbons (Fsp3) is 0.625. The van der Waals surface area contributed by atoms with Crippen LogP contribution in [0.25, 0.3) is 0 Å². The lowest BCUT2D eigenvalue weighted by atomic mass is 9.73. The number of rotatable bonds is 9. The molecule has 0 saturated heterocycles. The minimum Gasteiger partial charge on any atom is -0.466 e. The number of ether oxygens (including phenoxy) is 1. The van der Waals surface area contributed by atoms with E-state index in [2.05, 4.69) is 21.3 Å². The van der Waals surface area contributed by atoms with Gasteiger partial charge in [0.2, 0.25) is 0 Å². The van der Waals surface area contributed by atoms with E-state index >= 15 is 0 Å². The Balaban J connectivity index is 2.23. The molecule has 1 aromatic carbocycles. The van der Waals surface area contributed by atoms with Gasteiger partial charge in [0.15, 0.2) is 6.79 Å². The van der Waals surface area contributed by atoms with Gasteiger partial charge in [0, 0.05) is 9.89 Å². The molecule has 1 atom stereocenters. The zero-order valence-corrected chi connectivity index (χ0v) is 15.1. The standard InChI is InChI=1S/C16H23N2O5P/c1-11(2)14-8-5-9-15(12(3)13-6-4-7-13)16(14)22-10-23-24(21,17-19)18-20/h5,8-9,11-13H,4,6-7,10H2,1-3H3. The molecular formula is C16H23N2O5P. The molecule has 1 fully saturated rings. The molecule has 0 spiro atoms. The van der Waals surface area contributed by atoms with Gasteiger partial charge in [-0.15, -0.1) is 9.81 Å². The first kappa shape index (κ1) is 18.7. The molecule has 0 N–H and O–H groups in total. The van der Waals surface area contributed by atoms with Crippen LogP contribution >= 0.6 is 7.67 Å². The minimum absolute atomic E-state index is 0.216. The maximum Gasteiger partial charge on any atom is 0.507 e. The van der Waals surface area contributed by atoms with Gasteiger partial charge in [0.25, 0.3) is 0 Å². The Morgan fingerprint density at radius 1 is 1.17 bits per heavy atom. The SMILES string of the molecule is CC(C)c1cccc(C(C)C2CCC2)c1OCOP(=O)(N=O)N=O. The average Bonchev–Trinajstić information content (AvgIpc) is 2.52. The fourth-order valence-corrected chi connectivity index (χ4v) is 3.28. The maximum absolute atomic E-state index is 11.5. The summed E-state index contributed by atoms with van der Waals surface area (Å²) in [5.74, 6) is 1.83. The molecule has 7 nitrogen and oxygen atoms in total. The molecule has 0 aromatic heterocycles. The summed E-state index contributed by atoms with van der Waals surface area (Å²) >= 11 is 0. The van der Waals surface area contributed by atoms with Crippen molar-refractivity contribution in [3.05, 3.63) is 39.1 Å². The third kappa shape index (κ3) is 4.08. The van der Waals surface area contributed by atoms with Crippen molar-refractivity contribution in [3.8, 4) is 5.75 Å². The Hall–Kier alpha value is -1.59. The summed E-state index contributed by atoms with van der Waals surface area (Å²) in [5.41, 5.74) is 2.05. The summed E-state index contributed by atoms with van der Waals surface area (Å²) in [7, 11) is -4.40. The predicted octanol–water partition coefficient (Wildman–Crippen LogP) is 5.71. The summed E-state index contributed by atoms with van der Waals surface area (Å²) in [6.07, 6.45) is 3.64. The van der Waals surface area contributed by atoms with E-state index in [1.165, 1.54) is 19.3 Å². The minimum atomic E-state index is -4.40. The van der Waals surface area contributed by atoms with E-state index in [4.69, 9.17) is 4.74 Å². The zero-order valence-electron chi connectivity index (χ0n) is 14.2. The quantitative estimate of drug-likeness (QED) is 0.322. The molecule has 0 amide bonds. The average molecular weight is 354 g/mol. The molecule has 0 aliphatic heterocycles. The molecule has 1 aliphatic carbocycles. The normalized spacial score (nSPS) is 16.5. The number of hydrogen-bond acceptors (Lipinski definition) is 5. The van der Waals surface area contributed by atoms with Crippen LogP contribution in [0.1, 0.15) is 63.0 Å². The Morgan fingerprint density at radius 2 is 1.79 bits per heavy atom. The van der Waals surface area contributed by atoms with Crippen LogP contribution in [0.3, 0.4) is 0 Å². The molecule has 8 heteroatoms. The third-order valence-electron chi connectivity index (χ3n) is 4.68. The third-order valence-corrected chi connectivity index (χ3v) is 5.53. The van der Waals surface area contributed by atoms with Gasteiger partial charge >= 0.3 is 7.67 Å². The summed E-state index contributed by atoms with van der Waals surface area (Å²) in [5, 5.41) is 0. The van der Waals surface area contributed by atoms with Crippen molar-refractivity contribution >= 4 is 7.67 Å². The molecule has 132 valence electrons. The lowest BCUT2D eigenvalue weighted by Gasteiger charge is -2.33. The van der Waals surface area contributed by atoms with E-state index in [0.29, 0.717) is 17.6 Å². The highest BCUT2D eigenvalue weighted by Crippen LogP contribution is 2.50. The van der Waals surface area contributed by atoms with E-state index < -0.39 is 14.5 Å². The molecule has 1 saturated carbocycles. The van der Waals surface area contributed by atoms with Gasteiger partial charge in [-0.3, -0.25) is 4.52 Å². The number of para-hydroxylation sites is 1. The number of nitrogens with zero attached hydrogens (tertiary/aromatic N) is 2. The van der Waals surface area contributed by atoms with Crippen molar-refractivity contribution in [3.63, 3.8) is 0 Å². The summed E-state index contributed by atoms with van der Waals surface area (Å²) in [6, 6.07) is 5.98.